The van der Waals surface area contributed by atoms with E-state index in [0.29, 0.717) is 18.9 Å². The molecule has 2 rings (SSSR count). The fourth-order valence-corrected chi connectivity index (χ4v) is 1.95. The van der Waals surface area contributed by atoms with Gasteiger partial charge in [0.25, 0.3) is 0 Å². The number of carbonyl (C=O) groups is 2. The molecule has 1 atom stereocenters. The Morgan fingerprint density at radius 1 is 1.19 bits per heavy atom. The van der Waals surface area contributed by atoms with Crippen molar-refractivity contribution in [3.8, 4) is 0 Å². The summed E-state index contributed by atoms with van der Waals surface area (Å²) in [7, 11) is 0. The Morgan fingerprint density at radius 2 is 1.76 bits per heavy atom. The lowest BCUT2D eigenvalue weighted by Gasteiger charge is -2.09. The molecule has 4 N–H and O–H groups in total. The molecule has 5 nitrogen and oxygen atoms in total. The average molecular weight is 289 g/mol. The second-order valence-corrected chi connectivity index (χ2v) is 5.77. The van der Waals surface area contributed by atoms with Gasteiger partial charge in [-0.05, 0) is 56.0 Å². The van der Waals surface area contributed by atoms with Crippen LogP contribution >= 0.6 is 0 Å². The fraction of sp³-hybridized carbons (Fsp3) is 0.500. The van der Waals surface area contributed by atoms with Crippen LogP contribution in [0.15, 0.2) is 24.3 Å². The third kappa shape index (κ3) is 5.19. The summed E-state index contributed by atoms with van der Waals surface area (Å²) in [6.07, 6.45) is 3.23. The Morgan fingerprint density at radius 3 is 2.29 bits per heavy atom. The number of amides is 2. The number of benzene rings is 1. The van der Waals surface area contributed by atoms with E-state index in [4.69, 9.17) is 5.73 Å². The largest absolute Gasteiger partial charge is 0.330 e. The second-order valence-electron chi connectivity index (χ2n) is 5.77. The van der Waals surface area contributed by atoms with E-state index in [2.05, 4.69) is 10.6 Å². The summed E-state index contributed by atoms with van der Waals surface area (Å²) < 4.78 is 0. The van der Waals surface area contributed by atoms with Crippen molar-refractivity contribution in [2.75, 3.05) is 17.2 Å². The van der Waals surface area contributed by atoms with Gasteiger partial charge in [0.05, 0.1) is 0 Å². The van der Waals surface area contributed by atoms with Crippen LogP contribution in [0.25, 0.3) is 0 Å². The minimum atomic E-state index is -0.00920. The molecule has 0 saturated heterocycles. The Kier molecular flexibility index (Phi) is 5.33. The molecule has 0 spiro atoms. The Labute approximate surface area is 125 Å². The van der Waals surface area contributed by atoms with Crippen molar-refractivity contribution in [3.05, 3.63) is 24.3 Å². The molecule has 1 unspecified atom stereocenters. The molecular weight excluding hydrogens is 266 g/mol. The minimum absolute atomic E-state index is 0.00920. The van der Waals surface area contributed by atoms with Crippen molar-refractivity contribution >= 4 is 23.2 Å². The topological polar surface area (TPSA) is 84.2 Å². The molecule has 21 heavy (non-hydrogen) atoms. The van der Waals surface area contributed by atoms with Gasteiger partial charge in [-0.3, -0.25) is 9.59 Å². The highest BCUT2D eigenvalue weighted by atomic mass is 16.2. The van der Waals surface area contributed by atoms with E-state index in [1.807, 2.05) is 6.92 Å². The van der Waals surface area contributed by atoms with Gasteiger partial charge < -0.3 is 16.4 Å². The predicted molar refractivity (Wildman–Crippen MR) is 83.9 cm³/mol. The molecule has 0 aliphatic heterocycles. The SMILES string of the molecule is CC(CN)CCC(=O)Nc1ccc(NC(=O)C2CC2)cc1. The first-order chi connectivity index (χ1) is 10.1. The molecule has 1 aliphatic carbocycles. The first-order valence-electron chi connectivity index (χ1n) is 7.49. The molecule has 0 heterocycles. The average Bonchev–Trinajstić information content (AvgIpc) is 3.31. The standard InChI is InChI=1S/C16H23N3O2/c1-11(10-17)2-9-15(20)18-13-5-7-14(8-6-13)19-16(21)12-3-4-12/h5-8,11-12H,2-4,9-10,17H2,1H3,(H,18,20)(H,19,21). The lowest BCUT2D eigenvalue weighted by molar-refractivity contribution is -0.117. The first kappa shape index (κ1) is 15.5. The summed E-state index contributed by atoms with van der Waals surface area (Å²) in [5.74, 6) is 0.623. The van der Waals surface area contributed by atoms with Crippen LogP contribution in [-0.2, 0) is 9.59 Å². The molecule has 2 amide bonds. The van der Waals surface area contributed by atoms with Crippen LogP contribution in [0.2, 0.25) is 0 Å². The number of carbonyl (C=O) groups excluding carboxylic acids is 2. The van der Waals surface area contributed by atoms with Crippen LogP contribution in [0, 0.1) is 11.8 Å². The summed E-state index contributed by atoms with van der Waals surface area (Å²) in [6, 6.07) is 7.20. The summed E-state index contributed by atoms with van der Waals surface area (Å²) >= 11 is 0. The van der Waals surface area contributed by atoms with Crippen molar-refractivity contribution < 1.29 is 9.59 Å². The number of hydrogen-bond donors (Lipinski definition) is 3. The Bertz CT molecular complexity index is 495. The minimum Gasteiger partial charge on any atom is -0.330 e. The van der Waals surface area contributed by atoms with Crippen molar-refractivity contribution in [2.24, 2.45) is 17.6 Å². The summed E-state index contributed by atoms with van der Waals surface area (Å²) in [6.45, 7) is 2.63. The van der Waals surface area contributed by atoms with Gasteiger partial charge >= 0.3 is 0 Å². The molecule has 114 valence electrons. The molecule has 0 aromatic heterocycles. The van der Waals surface area contributed by atoms with Gasteiger partial charge in [0.2, 0.25) is 11.8 Å². The van der Waals surface area contributed by atoms with Gasteiger partial charge in [-0.25, -0.2) is 0 Å². The second kappa shape index (κ2) is 7.22. The van der Waals surface area contributed by atoms with E-state index in [1.54, 1.807) is 24.3 Å². The Balaban J connectivity index is 1.78. The van der Waals surface area contributed by atoms with Gasteiger partial charge in [0.1, 0.15) is 0 Å². The molecule has 0 radical (unpaired) electrons. The zero-order valence-corrected chi connectivity index (χ0v) is 12.4. The van der Waals surface area contributed by atoms with E-state index >= 15 is 0 Å². The van der Waals surface area contributed by atoms with Gasteiger partial charge in [0.15, 0.2) is 0 Å². The summed E-state index contributed by atoms with van der Waals surface area (Å²) in [4.78, 5) is 23.4. The van der Waals surface area contributed by atoms with Crippen molar-refractivity contribution in [2.45, 2.75) is 32.6 Å². The van der Waals surface area contributed by atoms with Crippen molar-refractivity contribution in [1.82, 2.24) is 0 Å². The van der Waals surface area contributed by atoms with E-state index < -0.39 is 0 Å². The third-order valence-corrected chi connectivity index (χ3v) is 3.65. The van der Waals surface area contributed by atoms with Crippen LogP contribution in [0.5, 0.6) is 0 Å². The fourth-order valence-electron chi connectivity index (χ4n) is 1.95. The Hall–Kier alpha value is -1.88. The maximum Gasteiger partial charge on any atom is 0.227 e. The molecule has 1 saturated carbocycles. The van der Waals surface area contributed by atoms with Crippen LogP contribution < -0.4 is 16.4 Å². The number of nitrogens with two attached hydrogens (primary N) is 1. The number of rotatable bonds is 7. The van der Waals surface area contributed by atoms with Crippen LogP contribution in [0.1, 0.15) is 32.6 Å². The number of nitrogens with one attached hydrogen (secondary N) is 2. The lowest BCUT2D eigenvalue weighted by Crippen LogP contribution is -2.16. The van der Waals surface area contributed by atoms with Gasteiger partial charge in [0, 0.05) is 23.7 Å². The molecule has 1 fully saturated rings. The maximum atomic E-state index is 11.8. The zero-order chi connectivity index (χ0) is 15.2. The zero-order valence-electron chi connectivity index (χ0n) is 12.4. The third-order valence-electron chi connectivity index (χ3n) is 3.65. The van der Waals surface area contributed by atoms with E-state index in [1.165, 1.54) is 0 Å². The van der Waals surface area contributed by atoms with Gasteiger partial charge in [-0.1, -0.05) is 6.92 Å². The maximum absolute atomic E-state index is 11.8. The van der Waals surface area contributed by atoms with Crippen molar-refractivity contribution in [1.29, 1.82) is 0 Å². The van der Waals surface area contributed by atoms with Crippen LogP contribution in [-0.4, -0.2) is 18.4 Å². The highest BCUT2D eigenvalue weighted by molar-refractivity contribution is 5.95. The summed E-state index contributed by atoms with van der Waals surface area (Å²) in [5.41, 5.74) is 7.03. The van der Waals surface area contributed by atoms with Crippen LogP contribution in [0.4, 0.5) is 11.4 Å². The molecule has 5 heteroatoms. The van der Waals surface area contributed by atoms with E-state index in [9.17, 15) is 9.59 Å². The lowest BCUT2D eigenvalue weighted by atomic mass is 10.1. The van der Waals surface area contributed by atoms with Crippen molar-refractivity contribution in [3.63, 3.8) is 0 Å². The molecule has 0 bridgehead atoms. The highest BCUT2D eigenvalue weighted by Gasteiger charge is 2.29. The summed E-state index contributed by atoms with van der Waals surface area (Å²) in [5, 5.41) is 5.71. The van der Waals surface area contributed by atoms with Crippen LogP contribution in [0.3, 0.4) is 0 Å². The quantitative estimate of drug-likeness (QED) is 0.720. The molecule has 1 aromatic rings. The monoisotopic (exact) mass is 289 g/mol. The van der Waals surface area contributed by atoms with E-state index in [0.717, 1.165) is 30.6 Å². The first-order valence-corrected chi connectivity index (χ1v) is 7.49. The highest BCUT2D eigenvalue weighted by Crippen LogP contribution is 2.30. The smallest absolute Gasteiger partial charge is 0.227 e. The van der Waals surface area contributed by atoms with E-state index in [-0.39, 0.29) is 17.7 Å². The predicted octanol–water partition coefficient (Wildman–Crippen LogP) is 2.35. The van der Waals surface area contributed by atoms with Gasteiger partial charge in [-0.15, -0.1) is 0 Å². The molecular formula is C16H23N3O2. The molecule has 1 aliphatic rings. The normalized spacial score (nSPS) is 15.3. The number of anilines is 2. The van der Waals surface area contributed by atoms with Gasteiger partial charge in [-0.2, -0.15) is 0 Å². The number of hydrogen-bond acceptors (Lipinski definition) is 3. The molecule has 1 aromatic carbocycles.